The van der Waals surface area contributed by atoms with Crippen LogP contribution in [0.4, 0.5) is 0 Å². The molecule has 0 amide bonds. The molecule has 0 heterocycles. The number of carbonyl (C=O) groups is 1. The highest BCUT2D eigenvalue weighted by Gasteiger charge is 2.19. The zero-order chi connectivity index (χ0) is 38.6. The molecule has 53 heavy (non-hydrogen) atoms. The molecule has 1 aromatic carbocycles. The van der Waals surface area contributed by atoms with Crippen molar-refractivity contribution in [3.8, 4) is 11.5 Å². The van der Waals surface area contributed by atoms with Crippen LogP contribution in [0.25, 0.3) is 0 Å². The first kappa shape index (κ1) is 49.3. The summed E-state index contributed by atoms with van der Waals surface area (Å²) in [6, 6.07) is 6.48. The minimum Gasteiger partial charge on any atom is -0.493 e. The van der Waals surface area contributed by atoms with Crippen LogP contribution in [0.2, 0.25) is 0 Å². The van der Waals surface area contributed by atoms with Crippen molar-refractivity contribution in [3.63, 3.8) is 0 Å². The molecule has 310 valence electrons. The fourth-order valence-corrected chi connectivity index (χ4v) is 7.31. The Bertz CT molecular complexity index is 947. The molecule has 0 aliphatic heterocycles. The zero-order valence-electron chi connectivity index (χ0n) is 36.3. The van der Waals surface area contributed by atoms with Crippen LogP contribution in [0.1, 0.15) is 220 Å². The van der Waals surface area contributed by atoms with E-state index < -0.39 is 0 Å². The third kappa shape index (κ3) is 28.3. The van der Waals surface area contributed by atoms with Gasteiger partial charge in [-0.1, -0.05) is 189 Å². The second-order valence-electron chi connectivity index (χ2n) is 16.0. The quantitative estimate of drug-likeness (QED) is 0.0496. The van der Waals surface area contributed by atoms with Crippen molar-refractivity contribution in [3.05, 3.63) is 23.8 Å². The summed E-state index contributed by atoms with van der Waals surface area (Å²) >= 11 is 0. The normalized spacial score (nSPS) is 12.7. The van der Waals surface area contributed by atoms with E-state index in [1.54, 1.807) is 0 Å². The lowest BCUT2D eigenvalue weighted by molar-refractivity contribution is -0.151. The van der Waals surface area contributed by atoms with E-state index in [9.17, 15) is 4.79 Å². The minimum absolute atomic E-state index is 0.0911. The number of ether oxygens (including phenoxy) is 3. The molecule has 0 radical (unpaired) electrons. The van der Waals surface area contributed by atoms with E-state index in [4.69, 9.17) is 14.2 Å². The van der Waals surface area contributed by atoms with E-state index in [1.807, 2.05) is 0 Å². The summed E-state index contributed by atoms with van der Waals surface area (Å²) in [6.45, 7) is 17.1. The van der Waals surface area contributed by atoms with Crippen LogP contribution in [-0.4, -0.2) is 49.8 Å². The van der Waals surface area contributed by atoms with Crippen LogP contribution < -0.4 is 9.47 Å². The molecule has 0 saturated heterocycles. The lowest BCUT2D eigenvalue weighted by Gasteiger charge is -2.25. The van der Waals surface area contributed by atoms with Crippen molar-refractivity contribution in [2.75, 3.05) is 32.8 Å². The van der Waals surface area contributed by atoms with E-state index in [1.165, 1.54) is 153 Å². The Kier molecular flexibility index (Phi) is 33.4. The average molecular weight is 744 g/mol. The molecule has 0 fully saturated rings. The molecular weight excluding hydrogens is 655 g/mol. The molecule has 0 saturated carbocycles. The lowest BCUT2D eigenvalue weighted by Crippen LogP contribution is -2.38. The second-order valence-corrected chi connectivity index (χ2v) is 16.0. The predicted octanol–water partition coefficient (Wildman–Crippen LogP) is 14.5. The van der Waals surface area contributed by atoms with Crippen molar-refractivity contribution in [1.82, 2.24) is 4.90 Å². The molecule has 2 atom stereocenters. The Labute approximate surface area is 330 Å². The number of rotatable bonds is 39. The molecule has 0 aliphatic rings. The van der Waals surface area contributed by atoms with Crippen LogP contribution in [0.15, 0.2) is 18.2 Å². The summed E-state index contributed by atoms with van der Waals surface area (Å²) in [5.74, 6) is 2.22. The fraction of sp³-hybridized carbons (Fsp3) is 0.854. The van der Waals surface area contributed by atoms with Gasteiger partial charge in [0.1, 0.15) is 24.2 Å². The van der Waals surface area contributed by atoms with Gasteiger partial charge in [0, 0.05) is 19.0 Å². The molecule has 0 aliphatic carbocycles. The van der Waals surface area contributed by atoms with Gasteiger partial charge in [-0.3, -0.25) is 4.79 Å². The largest absolute Gasteiger partial charge is 0.493 e. The molecule has 1 aromatic rings. The first-order valence-electron chi connectivity index (χ1n) is 23.3. The van der Waals surface area contributed by atoms with Gasteiger partial charge in [0.25, 0.3) is 0 Å². The van der Waals surface area contributed by atoms with Crippen molar-refractivity contribution >= 4 is 5.97 Å². The SMILES string of the molecule is CCCCCCCCCCCCCCCc1cc(OCC(CC)CCCC)cc(OCC(CN(CC)CC)OC(=O)CCCCCCCCCCC)c1. The highest BCUT2D eigenvalue weighted by atomic mass is 16.6. The predicted molar refractivity (Wildman–Crippen MR) is 230 cm³/mol. The van der Waals surface area contributed by atoms with Crippen LogP contribution >= 0.6 is 0 Å². The topological polar surface area (TPSA) is 48.0 Å². The zero-order valence-corrected chi connectivity index (χ0v) is 36.3. The van der Waals surface area contributed by atoms with Gasteiger partial charge in [-0.05, 0) is 62.4 Å². The van der Waals surface area contributed by atoms with Gasteiger partial charge in [-0.2, -0.15) is 0 Å². The summed E-state index contributed by atoms with van der Waals surface area (Å²) in [6.07, 6.45) is 35.0. The monoisotopic (exact) mass is 744 g/mol. The summed E-state index contributed by atoms with van der Waals surface area (Å²) in [4.78, 5) is 15.3. The van der Waals surface area contributed by atoms with Gasteiger partial charge in [-0.15, -0.1) is 0 Å². The number of hydrogen-bond acceptors (Lipinski definition) is 5. The Morgan fingerprint density at radius 1 is 0.547 bits per heavy atom. The minimum atomic E-state index is -0.298. The number of nitrogens with zero attached hydrogens (tertiary/aromatic N) is 1. The number of likely N-dealkylation sites (N-methyl/N-ethyl adjacent to an activating group) is 1. The maximum Gasteiger partial charge on any atom is 0.306 e. The third-order valence-corrected chi connectivity index (χ3v) is 11.1. The maximum atomic E-state index is 13.0. The second kappa shape index (κ2) is 35.9. The molecule has 0 N–H and O–H groups in total. The molecule has 1 rings (SSSR count). The van der Waals surface area contributed by atoms with Gasteiger partial charge in [-0.25, -0.2) is 0 Å². The molecule has 0 aromatic heterocycles. The van der Waals surface area contributed by atoms with Crippen LogP contribution in [0, 0.1) is 5.92 Å². The van der Waals surface area contributed by atoms with Gasteiger partial charge >= 0.3 is 5.97 Å². The van der Waals surface area contributed by atoms with E-state index in [-0.39, 0.29) is 12.1 Å². The van der Waals surface area contributed by atoms with E-state index >= 15 is 0 Å². The van der Waals surface area contributed by atoms with Gasteiger partial charge < -0.3 is 19.1 Å². The number of carbonyl (C=O) groups excluding carboxylic acids is 1. The molecule has 0 bridgehead atoms. The number of esters is 1. The average Bonchev–Trinajstić information content (AvgIpc) is 3.17. The Morgan fingerprint density at radius 3 is 1.47 bits per heavy atom. The first-order valence-corrected chi connectivity index (χ1v) is 23.3. The molecule has 5 heteroatoms. The third-order valence-electron chi connectivity index (χ3n) is 11.1. The number of unbranched alkanes of at least 4 members (excludes halogenated alkanes) is 21. The Hall–Kier alpha value is -1.75. The molecule has 0 spiro atoms. The smallest absolute Gasteiger partial charge is 0.306 e. The van der Waals surface area contributed by atoms with Crippen molar-refractivity contribution in [1.29, 1.82) is 0 Å². The number of benzene rings is 1. The lowest BCUT2D eigenvalue weighted by atomic mass is 10.0. The maximum absolute atomic E-state index is 13.0. The Balaban J connectivity index is 2.72. The summed E-state index contributed by atoms with van der Waals surface area (Å²) in [7, 11) is 0. The van der Waals surface area contributed by atoms with Crippen LogP contribution in [0.3, 0.4) is 0 Å². The summed E-state index contributed by atoms with van der Waals surface area (Å²) in [5, 5.41) is 0. The van der Waals surface area contributed by atoms with Crippen molar-refractivity contribution in [2.45, 2.75) is 227 Å². The van der Waals surface area contributed by atoms with Crippen LogP contribution in [-0.2, 0) is 16.0 Å². The molecule has 2 unspecified atom stereocenters. The number of aryl methyl sites for hydroxylation is 1. The van der Waals surface area contributed by atoms with E-state index in [0.717, 1.165) is 56.9 Å². The summed E-state index contributed by atoms with van der Waals surface area (Å²) in [5.41, 5.74) is 1.28. The highest BCUT2D eigenvalue weighted by molar-refractivity contribution is 5.69. The van der Waals surface area contributed by atoms with Gasteiger partial charge in [0.2, 0.25) is 0 Å². The van der Waals surface area contributed by atoms with Crippen LogP contribution in [0.5, 0.6) is 11.5 Å². The standard InChI is InChI=1S/C48H89NO4/c1-7-13-16-18-20-22-23-24-25-27-28-30-32-35-44-37-45(51-41-43(10-4)34-15-9-3)39-46(38-44)52-42-47(40-49(11-5)12-6)53-48(50)36-33-31-29-26-21-19-17-14-8-2/h37-39,43,47H,7-36,40-42H2,1-6H3. The van der Waals surface area contributed by atoms with Crippen molar-refractivity contribution in [2.24, 2.45) is 5.92 Å². The van der Waals surface area contributed by atoms with E-state index in [2.05, 4.69) is 64.6 Å². The Morgan fingerprint density at radius 2 is 1.00 bits per heavy atom. The summed E-state index contributed by atoms with van der Waals surface area (Å²) < 4.78 is 19.0. The van der Waals surface area contributed by atoms with Gasteiger partial charge in [0.15, 0.2) is 0 Å². The van der Waals surface area contributed by atoms with Crippen molar-refractivity contribution < 1.29 is 19.0 Å². The first-order chi connectivity index (χ1) is 26.0. The van der Waals surface area contributed by atoms with E-state index in [0.29, 0.717) is 25.5 Å². The fourth-order valence-electron chi connectivity index (χ4n) is 7.31. The highest BCUT2D eigenvalue weighted by Crippen LogP contribution is 2.27. The van der Waals surface area contributed by atoms with Gasteiger partial charge in [0.05, 0.1) is 6.61 Å². The molecular formula is C48H89NO4. The number of hydrogen-bond donors (Lipinski definition) is 0. The molecule has 5 nitrogen and oxygen atoms in total.